The summed E-state index contributed by atoms with van der Waals surface area (Å²) in [6.07, 6.45) is -0.340. The molecule has 1 N–H and O–H groups in total. The van der Waals surface area contributed by atoms with Crippen LogP contribution >= 0.6 is 0 Å². The Balaban J connectivity index is 2.94. The highest BCUT2D eigenvalue weighted by molar-refractivity contribution is 5.87. The van der Waals surface area contributed by atoms with Crippen LogP contribution in [-0.4, -0.2) is 52.3 Å². The number of hydrogen-bond acceptors (Lipinski definition) is 5. The Kier molecular flexibility index (Phi) is 4.97. The van der Waals surface area contributed by atoms with Crippen molar-refractivity contribution in [2.24, 2.45) is 0 Å². The van der Waals surface area contributed by atoms with Crippen LogP contribution in [0.15, 0.2) is 0 Å². The quantitative estimate of drug-likeness (QED) is 0.789. The Hall–Kier alpha value is -1.79. The van der Waals surface area contributed by atoms with Crippen molar-refractivity contribution in [3.8, 4) is 0 Å². The standard InChI is InChI=1S/C13H21NO6/c1-5-19-11(17)9-7-6-8(10(15)16)14(9)12(18)20-13(2,3)4/h8-9H,5-7H2,1-4H3,(H,15,16)/t8-,9+/m1/s1. The molecule has 114 valence electrons. The van der Waals surface area contributed by atoms with E-state index in [1.807, 2.05) is 0 Å². The van der Waals surface area contributed by atoms with E-state index < -0.39 is 35.7 Å². The lowest BCUT2D eigenvalue weighted by Gasteiger charge is -2.30. The molecule has 0 aromatic heterocycles. The Morgan fingerprint density at radius 2 is 1.75 bits per heavy atom. The molecule has 0 aromatic rings. The molecular formula is C13H21NO6. The monoisotopic (exact) mass is 287 g/mol. The van der Waals surface area contributed by atoms with Crippen molar-refractivity contribution in [2.75, 3.05) is 6.61 Å². The summed E-state index contributed by atoms with van der Waals surface area (Å²) in [6.45, 7) is 6.86. The minimum atomic E-state index is -1.15. The lowest BCUT2D eigenvalue weighted by atomic mass is 10.2. The van der Waals surface area contributed by atoms with Gasteiger partial charge in [0.05, 0.1) is 6.61 Å². The van der Waals surface area contributed by atoms with Gasteiger partial charge in [0.15, 0.2) is 0 Å². The van der Waals surface area contributed by atoms with E-state index in [4.69, 9.17) is 14.6 Å². The molecule has 1 saturated heterocycles. The van der Waals surface area contributed by atoms with Crippen molar-refractivity contribution in [1.82, 2.24) is 4.90 Å². The molecule has 0 radical (unpaired) electrons. The van der Waals surface area contributed by atoms with Crippen LogP contribution in [0.25, 0.3) is 0 Å². The zero-order valence-electron chi connectivity index (χ0n) is 12.2. The van der Waals surface area contributed by atoms with Gasteiger partial charge in [-0.25, -0.2) is 14.4 Å². The number of nitrogens with zero attached hydrogens (tertiary/aromatic N) is 1. The second-order valence-electron chi connectivity index (χ2n) is 5.59. The highest BCUT2D eigenvalue weighted by Crippen LogP contribution is 2.27. The van der Waals surface area contributed by atoms with Gasteiger partial charge in [0.2, 0.25) is 0 Å². The van der Waals surface area contributed by atoms with E-state index in [0.29, 0.717) is 0 Å². The van der Waals surface area contributed by atoms with Gasteiger partial charge < -0.3 is 14.6 Å². The molecule has 0 bridgehead atoms. The number of hydrogen-bond donors (Lipinski definition) is 1. The molecule has 0 saturated carbocycles. The maximum Gasteiger partial charge on any atom is 0.411 e. The van der Waals surface area contributed by atoms with Crippen molar-refractivity contribution < 1.29 is 29.0 Å². The molecule has 7 nitrogen and oxygen atoms in total. The maximum atomic E-state index is 12.1. The molecule has 1 amide bonds. The zero-order chi connectivity index (χ0) is 15.5. The second-order valence-corrected chi connectivity index (χ2v) is 5.59. The van der Waals surface area contributed by atoms with Gasteiger partial charge in [0.1, 0.15) is 17.7 Å². The number of ether oxygens (including phenoxy) is 2. The van der Waals surface area contributed by atoms with E-state index in [-0.39, 0.29) is 19.4 Å². The smallest absolute Gasteiger partial charge is 0.411 e. The molecule has 2 atom stereocenters. The van der Waals surface area contributed by atoms with Crippen LogP contribution in [0.2, 0.25) is 0 Å². The number of amides is 1. The van der Waals surface area contributed by atoms with Crippen LogP contribution < -0.4 is 0 Å². The largest absolute Gasteiger partial charge is 0.480 e. The lowest BCUT2D eigenvalue weighted by molar-refractivity contribution is -0.150. The van der Waals surface area contributed by atoms with Crippen LogP contribution in [0.5, 0.6) is 0 Å². The fourth-order valence-corrected chi connectivity index (χ4v) is 2.09. The molecule has 0 aliphatic carbocycles. The summed E-state index contributed by atoms with van der Waals surface area (Å²) in [5.74, 6) is -1.75. The Morgan fingerprint density at radius 1 is 1.20 bits per heavy atom. The molecule has 7 heteroatoms. The first kappa shape index (κ1) is 16.3. The number of carbonyl (C=O) groups excluding carboxylic acids is 2. The summed E-state index contributed by atoms with van der Waals surface area (Å²) in [4.78, 5) is 36.1. The van der Waals surface area contributed by atoms with Crippen LogP contribution in [0.3, 0.4) is 0 Å². The molecule has 1 rings (SSSR count). The minimum absolute atomic E-state index is 0.176. The van der Waals surface area contributed by atoms with Crippen molar-refractivity contribution in [3.05, 3.63) is 0 Å². The van der Waals surface area contributed by atoms with Gasteiger partial charge >= 0.3 is 18.0 Å². The average Bonchev–Trinajstić information content (AvgIpc) is 2.71. The van der Waals surface area contributed by atoms with E-state index in [1.165, 1.54) is 0 Å². The predicted octanol–water partition coefficient (Wildman–Crippen LogP) is 1.40. The molecule has 1 aliphatic heterocycles. The van der Waals surface area contributed by atoms with E-state index in [0.717, 1.165) is 4.90 Å². The fourth-order valence-electron chi connectivity index (χ4n) is 2.09. The molecule has 1 fully saturated rings. The van der Waals surface area contributed by atoms with Crippen LogP contribution in [0.4, 0.5) is 4.79 Å². The molecular weight excluding hydrogens is 266 g/mol. The normalized spacial score (nSPS) is 22.5. The van der Waals surface area contributed by atoms with Gasteiger partial charge in [-0.1, -0.05) is 0 Å². The number of aliphatic carboxylic acids is 1. The first-order valence-corrected chi connectivity index (χ1v) is 6.58. The van der Waals surface area contributed by atoms with Crippen molar-refractivity contribution in [3.63, 3.8) is 0 Å². The zero-order valence-corrected chi connectivity index (χ0v) is 12.2. The van der Waals surface area contributed by atoms with E-state index in [1.54, 1.807) is 27.7 Å². The minimum Gasteiger partial charge on any atom is -0.480 e. The van der Waals surface area contributed by atoms with Crippen molar-refractivity contribution >= 4 is 18.0 Å². The first-order chi connectivity index (χ1) is 9.17. The van der Waals surface area contributed by atoms with Gasteiger partial charge in [0.25, 0.3) is 0 Å². The maximum absolute atomic E-state index is 12.1. The third kappa shape index (κ3) is 3.85. The van der Waals surface area contributed by atoms with Crippen molar-refractivity contribution in [1.29, 1.82) is 0 Å². The Bertz CT molecular complexity index is 400. The number of likely N-dealkylation sites (tertiary alicyclic amines) is 1. The van der Waals surface area contributed by atoms with E-state index in [2.05, 4.69) is 0 Å². The van der Waals surface area contributed by atoms with E-state index >= 15 is 0 Å². The van der Waals surface area contributed by atoms with Gasteiger partial charge in [-0.15, -0.1) is 0 Å². The number of esters is 1. The van der Waals surface area contributed by atoms with Crippen molar-refractivity contribution in [2.45, 2.75) is 58.2 Å². The molecule has 1 heterocycles. The Labute approximate surface area is 117 Å². The molecule has 1 aliphatic rings. The molecule has 20 heavy (non-hydrogen) atoms. The number of carboxylic acids is 1. The summed E-state index contributed by atoms with van der Waals surface area (Å²) >= 11 is 0. The average molecular weight is 287 g/mol. The topological polar surface area (TPSA) is 93.1 Å². The molecule has 0 unspecified atom stereocenters. The Morgan fingerprint density at radius 3 is 2.20 bits per heavy atom. The second kappa shape index (κ2) is 6.11. The summed E-state index contributed by atoms with van der Waals surface area (Å²) in [7, 11) is 0. The molecule has 0 spiro atoms. The fraction of sp³-hybridized carbons (Fsp3) is 0.769. The van der Waals surface area contributed by atoms with Gasteiger partial charge in [-0.05, 0) is 40.5 Å². The first-order valence-electron chi connectivity index (χ1n) is 6.58. The number of rotatable bonds is 3. The summed E-state index contributed by atoms with van der Waals surface area (Å²) in [5.41, 5.74) is -0.762. The number of carbonyl (C=O) groups is 3. The van der Waals surface area contributed by atoms with Gasteiger partial charge in [0, 0.05) is 0 Å². The SMILES string of the molecule is CCOC(=O)[C@@H]1CC[C@H](C(=O)O)N1C(=O)OC(C)(C)C. The summed E-state index contributed by atoms with van der Waals surface area (Å²) < 4.78 is 10.1. The third-order valence-corrected chi connectivity index (χ3v) is 2.83. The number of carboxylic acid groups (broad SMARTS) is 1. The van der Waals surface area contributed by atoms with Gasteiger partial charge in [-0.2, -0.15) is 0 Å². The predicted molar refractivity (Wildman–Crippen MR) is 69.2 cm³/mol. The lowest BCUT2D eigenvalue weighted by Crippen LogP contribution is -2.50. The third-order valence-electron chi connectivity index (χ3n) is 2.83. The van der Waals surface area contributed by atoms with Gasteiger partial charge in [-0.3, -0.25) is 4.90 Å². The highest BCUT2D eigenvalue weighted by Gasteiger charge is 2.46. The van der Waals surface area contributed by atoms with Crippen LogP contribution in [0, 0.1) is 0 Å². The van der Waals surface area contributed by atoms with Crippen LogP contribution in [0.1, 0.15) is 40.5 Å². The van der Waals surface area contributed by atoms with E-state index in [9.17, 15) is 14.4 Å². The van der Waals surface area contributed by atoms with Crippen LogP contribution in [-0.2, 0) is 19.1 Å². The molecule has 0 aromatic carbocycles. The highest BCUT2D eigenvalue weighted by atomic mass is 16.6. The summed E-state index contributed by atoms with van der Waals surface area (Å²) in [5, 5.41) is 9.16. The summed E-state index contributed by atoms with van der Waals surface area (Å²) in [6, 6.07) is -1.95.